The van der Waals surface area contributed by atoms with E-state index in [0.717, 1.165) is 29.1 Å². The van der Waals surface area contributed by atoms with Gasteiger partial charge in [-0.3, -0.25) is 4.79 Å². The normalized spacial score (nSPS) is 11.6. The van der Waals surface area contributed by atoms with E-state index >= 15 is 0 Å². The lowest BCUT2D eigenvalue weighted by atomic mass is 9.71. The predicted octanol–water partition coefficient (Wildman–Crippen LogP) is 4.32. The summed E-state index contributed by atoms with van der Waals surface area (Å²) >= 11 is 1.60. The minimum absolute atomic E-state index is 0.277. The van der Waals surface area contributed by atoms with E-state index in [1.165, 1.54) is 0 Å². The Kier molecular flexibility index (Phi) is 4.71. The van der Waals surface area contributed by atoms with Gasteiger partial charge in [0.25, 0.3) is 0 Å². The van der Waals surface area contributed by atoms with Gasteiger partial charge in [-0.25, -0.2) is 4.98 Å². The summed E-state index contributed by atoms with van der Waals surface area (Å²) in [6.45, 7) is 6.17. The smallest absolute Gasteiger partial charge is 0.149 e. The van der Waals surface area contributed by atoms with Crippen molar-refractivity contribution < 1.29 is 4.79 Å². The molecule has 1 heterocycles. The number of benzene rings is 1. The standard InChI is InChI=1S/C17H21NOS/c1-4-17(5-2,14-9-7-6-8-10-14)16(19)11-15-12-20-13(3)18-15/h6-10,12H,4-5,11H2,1-3H3. The first-order valence-corrected chi connectivity index (χ1v) is 8.00. The SMILES string of the molecule is CCC(CC)(C(=O)Cc1csc(C)n1)c1ccccc1. The second-order valence-electron chi connectivity index (χ2n) is 5.11. The molecule has 0 amide bonds. The molecule has 2 rings (SSSR count). The van der Waals surface area contributed by atoms with Crippen LogP contribution < -0.4 is 0 Å². The molecule has 0 spiro atoms. The fourth-order valence-corrected chi connectivity index (χ4v) is 3.41. The molecular formula is C17H21NOS. The molecule has 0 radical (unpaired) electrons. The topological polar surface area (TPSA) is 30.0 Å². The molecule has 106 valence electrons. The Labute approximate surface area is 124 Å². The number of aromatic nitrogens is 1. The van der Waals surface area contributed by atoms with Gasteiger partial charge in [-0.05, 0) is 25.3 Å². The van der Waals surface area contributed by atoms with Crippen molar-refractivity contribution in [1.29, 1.82) is 0 Å². The summed E-state index contributed by atoms with van der Waals surface area (Å²) in [6, 6.07) is 10.1. The third-order valence-corrected chi connectivity index (χ3v) is 4.90. The minimum atomic E-state index is -0.376. The fraction of sp³-hybridized carbons (Fsp3) is 0.412. The number of Topliss-reactive ketones (excluding diaryl/α,β-unsaturated/α-hetero) is 1. The maximum atomic E-state index is 12.9. The Hall–Kier alpha value is -1.48. The molecule has 0 bridgehead atoms. The van der Waals surface area contributed by atoms with Gasteiger partial charge in [-0.15, -0.1) is 11.3 Å². The summed E-state index contributed by atoms with van der Waals surface area (Å²) in [5, 5.41) is 3.01. The van der Waals surface area contributed by atoms with Crippen molar-refractivity contribution in [3.63, 3.8) is 0 Å². The summed E-state index contributed by atoms with van der Waals surface area (Å²) in [6.07, 6.45) is 2.09. The number of nitrogens with zero attached hydrogens (tertiary/aromatic N) is 1. The molecule has 1 aromatic heterocycles. The molecule has 0 fully saturated rings. The fourth-order valence-electron chi connectivity index (χ4n) is 2.79. The van der Waals surface area contributed by atoms with Crippen LogP contribution >= 0.6 is 11.3 Å². The molecule has 0 unspecified atom stereocenters. The highest BCUT2D eigenvalue weighted by atomic mass is 32.1. The number of carbonyl (C=O) groups is 1. The molecule has 2 aromatic rings. The Morgan fingerprint density at radius 2 is 1.85 bits per heavy atom. The number of carbonyl (C=O) groups excluding carboxylic acids is 1. The van der Waals surface area contributed by atoms with Gasteiger partial charge >= 0.3 is 0 Å². The van der Waals surface area contributed by atoms with Gasteiger partial charge in [0.1, 0.15) is 5.78 Å². The first-order valence-electron chi connectivity index (χ1n) is 7.12. The predicted molar refractivity (Wildman–Crippen MR) is 84.3 cm³/mol. The molecule has 1 aromatic carbocycles. The maximum Gasteiger partial charge on any atom is 0.149 e. The van der Waals surface area contributed by atoms with Crippen LogP contribution in [0.3, 0.4) is 0 Å². The monoisotopic (exact) mass is 287 g/mol. The summed E-state index contributed by atoms with van der Waals surface area (Å²) in [5.74, 6) is 0.277. The molecule has 0 saturated heterocycles. The van der Waals surface area contributed by atoms with E-state index < -0.39 is 0 Å². The third-order valence-electron chi connectivity index (χ3n) is 4.08. The molecule has 0 N–H and O–H groups in total. The van der Waals surface area contributed by atoms with Gasteiger partial charge in [0.2, 0.25) is 0 Å². The van der Waals surface area contributed by atoms with Crippen molar-refractivity contribution in [3.05, 3.63) is 52.0 Å². The number of hydrogen-bond donors (Lipinski definition) is 0. The molecular weight excluding hydrogens is 266 g/mol. The Morgan fingerprint density at radius 3 is 2.35 bits per heavy atom. The second-order valence-corrected chi connectivity index (χ2v) is 6.18. The molecule has 0 aliphatic carbocycles. The van der Waals surface area contributed by atoms with E-state index in [0.29, 0.717) is 6.42 Å². The van der Waals surface area contributed by atoms with E-state index in [2.05, 4.69) is 31.0 Å². The zero-order chi connectivity index (χ0) is 14.6. The molecule has 0 aliphatic rings. The van der Waals surface area contributed by atoms with Crippen LogP contribution in [0.1, 0.15) is 43.0 Å². The quantitative estimate of drug-likeness (QED) is 0.792. The van der Waals surface area contributed by atoms with Gasteiger partial charge in [0.15, 0.2) is 0 Å². The second kappa shape index (κ2) is 6.31. The Balaban J connectivity index is 2.30. The molecule has 0 aliphatic heterocycles. The third kappa shape index (κ3) is 2.83. The summed E-state index contributed by atoms with van der Waals surface area (Å²) in [5.41, 5.74) is 1.65. The zero-order valence-electron chi connectivity index (χ0n) is 12.3. The van der Waals surface area contributed by atoms with Crippen molar-refractivity contribution >= 4 is 17.1 Å². The van der Waals surface area contributed by atoms with Crippen LogP contribution in [0.5, 0.6) is 0 Å². The molecule has 20 heavy (non-hydrogen) atoms. The minimum Gasteiger partial charge on any atom is -0.298 e. The van der Waals surface area contributed by atoms with Crippen LogP contribution in [-0.2, 0) is 16.6 Å². The van der Waals surface area contributed by atoms with E-state index in [1.807, 2.05) is 30.5 Å². The summed E-state index contributed by atoms with van der Waals surface area (Å²) in [7, 11) is 0. The van der Waals surface area contributed by atoms with Crippen molar-refractivity contribution in [2.45, 2.75) is 45.4 Å². The van der Waals surface area contributed by atoms with Crippen LogP contribution in [0.15, 0.2) is 35.7 Å². The largest absolute Gasteiger partial charge is 0.298 e. The van der Waals surface area contributed by atoms with Crippen molar-refractivity contribution in [1.82, 2.24) is 4.98 Å². The molecule has 2 nitrogen and oxygen atoms in total. The van der Waals surface area contributed by atoms with Crippen molar-refractivity contribution in [2.24, 2.45) is 0 Å². The average molecular weight is 287 g/mol. The van der Waals surface area contributed by atoms with Crippen LogP contribution in [0.25, 0.3) is 0 Å². The number of ketones is 1. The van der Waals surface area contributed by atoms with Gasteiger partial charge in [0, 0.05) is 5.38 Å². The van der Waals surface area contributed by atoms with E-state index in [1.54, 1.807) is 11.3 Å². The Morgan fingerprint density at radius 1 is 1.20 bits per heavy atom. The van der Waals surface area contributed by atoms with E-state index in [9.17, 15) is 4.79 Å². The number of hydrogen-bond acceptors (Lipinski definition) is 3. The lowest BCUT2D eigenvalue weighted by Gasteiger charge is -2.30. The molecule has 0 atom stereocenters. The molecule has 3 heteroatoms. The maximum absolute atomic E-state index is 12.9. The van der Waals surface area contributed by atoms with E-state index in [-0.39, 0.29) is 11.2 Å². The van der Waals surface area contributed by atoms with Crippen LogP contribution in [0.2, 0.25) is 0 Å². The number of aryl methyl sites for hydroxylation is 1. The molecule has 0 saturated carbocycles. The number of rotatable bonds is 6. The van der Waals surface area contributed by atoms with Crippen molar-refractivity contribution in [3.8, 4) is 0 Å². The van der Waals surface area contributed by atoms with Crippen LogP contribution in [0, 0.1) is 6.92 Å². The first kappa shape index (κ1) is 14.9. The van der Waals surface area contributed by atoms with Crippen LogP contribution in [0.4, 0.5) is 0 Å². The van der Waals surface area contributed by atoms with Gasteiger partial charge in [-0.2, -0.15) is 0 Å². The lowest BCUT2D eigenvalue weighted by Crippen LogP contribution is -2.36. The average Bonchev–Trinajstić information content (AvgIpc) is 2.87. The highest BCUT2D eigenvalue weighted by molar-refractivity contribution is 7.09. The highest BCUT2D eigenvalue weighted by Gasteiger charge is 2.36. The van der Waals surface area contributed by atoms with Gasteiger partial charge < -0.3 is 0 Å². The van der Waals surface area contributed by atoms with Crippen LogP contribution in [-0.4, -0.2) is 10.8 Å². The Bertz CT molecular complexity index is 570. The highest BCUT2D eigenvalue weighted by Crippen LogP contribution is 2.33. The van der Waals surface area contributed by atoms with E-state index in [4.69, 9.17) is 0 Å². The summed E-state index contributed by atoms with van der Waals surface area (Å²) < 4.78 is 0. The first-order chi connectivity index (χ1) is 9.62. The van der Waals surface area contributed by atoms with Gasteiger partial charge in [-0.1, -0.05) is 44.2 Å². The van der Waals surface area contributed by atoms with Gasteiger partial charge in [0.05, 0.1) is 22.5 Å². The summed E-state index contributed by atoms with van der Waals surface area (Å²) in [4.78, 5) is 17.3. The zero-order valence-corrected chi connectivity index (χ0v) is 13.2. The lowest BCUT2D eigenvalue weighted by molar-refractivity contribution is -0.124. The van der Waals surface area contributed by atoms with Crippen molar-refractivity contribution in [2.75, 3.05) is 0 Å². The number of thiazole rings is 1.